The number of carbonyl (C=O) groups excluding carboxylic acids is 1. The second-order valence-electron chi connectivity index (χ2n) is 3.58. The van der Waals surface area contributed by atoms with Crippen molar-refractivity contribution in [1.82, 2.24) is 5.43 Å². The largest absolute Gasteiger partial charge is 0.449 e. The molecule has 0 fully saturated rings. The molecule has 1 aromatic carbocycles. The van der Waals surface area contributed by atoms with Gasteiger partial charge in [0.15, 0.2) is 0 Å². The van der Waals surface area contributed by atoms with Crippen molar-refractivity contribution in [3.05, 3.63) is 29.8 Å². The molecule has 17 heavy (non-hydrogen) atoms. The van der Waals surface area contributed by atoms with Gasteiger partial charge in [-0.15, -0.1) is 0 Å². The Morgan fingerprint density at radius 3 is 2.59 bits per heavy atom. The van der Waals surface area contributed by atoms with E-state index >= 15 is 0 Å². The Morgan fingerprint density at radius 2 is 2.06 bits per heavy atom. The molecule has 0 radical (unpaired) electrons. The van der Waals surface area contributed by atoms with Gasteiger partial charge in [-0.1, -0.05) is 12.1 Å². The third-order valence-electron chi connectivity index (χ3n) is 2.05. The zero-order chi connectivity index (χ0) is 12.7. The molecule has 1 N–H and O–H groups in total. The van der Waals surface area contributed by atoms with Gasteiger partial charge < -0.3 is 9.64 Å². The standard InChI is InChI=1S/C12H17N3O2/c1-4-17-12(16)14-13-9-10-5-7-11(8-6-10)15(2)3/h5-9H,4H2,1-3H3,(H,14,16)/b13-9+. The summed E-state index contributed by atoms with van der Waals surface area (Å²) in [6, 6.07) is 7.80. The molecule has 0 aromatic heterocycles. The van der Waals surface area contributed by atoms with Crippen LogP contribution in [-0.2, 0) is 4.74 Å². The number of hydrazone groups is 1. The molecule has 0 aliphatic carbocycles. The zero-order valence-corrected chi connectivity index (χ0v) is 10.3. The lowest BCUT2D eigenvalue weighted by Crippen LogP contribution is -2.18. The van der Waals surface area contributed by atoms with E-state index in [0.717, 1.165) is 11.3 Å². The minimum Gasteiger partial charge on any atom is -0.449 e. The highest BCUT2D eigenvalue weighted by atomic mass is 16.5. The first kappa shape index (κ1) is 13.0. The van der Waals surface area contributed by atoms with Gasteiger partial charge in [-0.25, -0.2) is 10.2 Å². The zero-order valence-electron chi connectivity index (χ0n) is 10.3. The van der Waals surface area contributed by atoms with Gasteiger partial charge in [0.2, 0.25) is 0 Å². The van der Waals surface area contributed by atoms with Crippen LogP contribution in [0, 0.1) is 0 Å². The van der Waals surface area contributed by atoms with E-state index < -0.39 is 6.09 Å². The molecular weight excluding hydrogens is 218 g/mol. The predicted molar refractivity (Wildman–Crippen MR) is 68.5 cm³/mol. The second kappa shape index (κ2) is 6.52. The summed E-state index contributed by atoms with van der Waals surface area (Å²) in [6.45, 7) is 2.07. The number of carbonyl (C=O) groups is 1. The average molecular weight is 235 g/mol. The number of benzene rings is 1. The summed E-state index contributed by atoms with van der Waals surface area (Å²) < 4.78 is 4.66. The van der Waals surface area contributed by atoms with Gasteiger partial charge in [0.1, 0.15) is 0 Å². The van der Waals surface area contributed by atoms with Crippen LogP contribution in [0.4, 0.5) is 10.5 Å². The van der Waals surface area contributed by atoms with Crippen molar-refractivity contribution in [3.8, 4) is 0 Å². The van der Waals surface area contributed by atoms with Crippen LogP contribution in [0.1, 0.15) is 12.5 Å². The maximum Gasteiger partial charge on any atom is 0.427 e. The molecule has 0 heterocycles. The summed E-state index contributed by atoms with van der Waals surface area (Å²) in [5.74, 6) is 0. The number of nitrogens with one attached hydrogen (secondary N) is 1. The van der Waals surface area contributed by atoms with Crippen molar-refractivity contribution >= 4 is 18.0 Å². The molecule has 1 amide bonds. The Balaban J connectivity index is 2.51. The van der Waals surface area contributed by atoms with Crippen molar-refractivity contribution in [2.75, 3.05) is 25.6 Å². The number of nitrogens with zero attached hydrogens (tertiary/aromatic N) is 2. The van der Waals surface area contributed by atoms with Gasteiger partial charge >= 0.3 is 6.09 Å². The molecule has 0 spiro atoms. The SMILES string of the molecule is CCOC(=O)N/N=C/c1ccc(N(C)C)cc1. The Labute approximate surface area is 101 Å². The van der Waals surface area contributed by atoms with Crippen LogP contribution >= 0.6 is 0 Å². The summed E-state index contributed by atoms with van der Waals surface area (Å²) in [5.41, 5.74) is 4.29. The maximum atomic E-state index is 10.9. The van der Waals surface area contributed by atoms with Crippen LogP contribution in [0.15, 0.2) is 29.4 Å². The lowest BCUT2D eigenvalue weighted by molar-refractivity contribution is 0.152. The van der Waals surface area contributed by atoms with Crippen LogP contribution in [-0.4, -0.2) is 33.0 Å². The third kappa shape index (κ3) is 4.55. The van der Waals surface area contributed by atoms with Gasteiger partial charge in [-0.2, -0.15) is 5.10 Å². The summed E-state index contributed by atoms with van der Waals surface area (Å²) in [4.78, 5) is 12.9. The lowest BCUT2D eigenvalue weighted by atomic mass is 10.2. The molecule has 1 rings (SSSR count). The Bertz CT molecular complexity index is 385. The Hall–Kier alpha value is -2.04. The number of rotatable bonds is 4. The van der Waals surface area contributed by atoms with E-state index in [9.17, 15) is 4.79 Å². The Morgan fingerprint density at radius 1 is 1.41 bits per heavy atom. The van der Waals surface area contributed by atoms with Gasteiger partial charge in [0, 0.05) is 19.8 Å². The van der Waals surface area contributed by atoms with Crippen LogP contribution in [0.2, 0.25) is 0 Å². The van der Waals surface area contributed by atoms with Crippen LogP contribution < -0.4 is 10.3 Å². The van der Waals surface area contributed by atoms with E-state index in [0.29, 0.717) is 6.61 Å². The number of ether oxygens (including phenoxy) is 1. The number of anilines is 1. The smallest absolute Gasteiger partial charge is 0.427 e. The molecule has 0 aliphatic rings. The van der Waals surface area contributed by atoms with E-state index in [-0.39, 0.29) is 0 Å². The van der Waals surface area contributed by atoms with Crippen LogP contribution in [0.25, 0.3) is 0 Å². The molecular formula is C12H17N3O2. The average Bonchev–Trinajstić information content (AvgIpc) is 2.30. The fraction of sp³-hybridized carbons (Fsp3) is 0.333. The highest BCUT2D eigenvalue weighted by Gasteiger charge is 1.96. The van der Waals surface area contributed by atoms with Gasteiger partial charge in [-0.3, -0.25) is 0 Å². The number of amides is 1. The normalized spacial score (nSPS) is 10.3. The summed E-state index contributed by atoms with van der Waals surface area (Å²) >= 11 is 0. The van der Waals surface area contributed by atoms with E-state index in [1.807, 2.05) is 43.3 Å². The number of hydrogen-bond donors (Lipinski definition) is 1. The summed E-state index contributed by atoms with van der Waals surface area (Å²) in [5, 5.41) is 3.77. The molecule has 1 aromatic rings. The molecule has 5 nitrogen and oxygen atoms in total. The van der Waals surface area contributed by atoms with Gasteiger partial charge in [-0.05, 0) is 24.6 Å². The van der Waals surface area contributed by atoms with Crippen LogP contribution in [0.3, 0.4) is 0 Å². The van der Waals surface area contributed by atoms with E-state index in [1.165, 1.54) is 0 Å². The minimum absolute atomic E-state index is 0.332. The summed E-state index contributed by atoms with van der Waals surface area (Å²) in [7, 11) is 3.96. The van der Waals surface area contributed by atoms with Crippen LogP contribution in [0.5, 0.6) is 0 Å². The first-order chi connectivity index (χ1) is 8.13. The topological polar surface area (TPSA) is 53.9 Å². The van der Waals surface area contributed by atoms with Crippen molar-refractivity contribution in [2.45, 2.75) is 6.92 Å². The van der Waals surface area contributed by atoms with E-state index in [1.54, 1.807) is 13.1 Å². The molecule has 0 atom stereocenters. The minimum atomic E-state index is -0.548. The maximum absolute atomic E-state index is 10.9. The monoisotopic (exact) mass is 235 g/mol. The fourth-order valence-corrected chi connectivity index (χ4v) is 1.18. The van der Waals surface area contributed by atoms with E-state index in [2.05, 4.69) is 15.3 Å². The van der Waals surface area contributed by atoms with E-state index in [4.69, 9.17) is 0 Å². The van der Waals surface area contributed by atoms with Crippen molar-refractivity contribution in [2.24, 2.45) is 5.10 Å². The molecule has 92 valence electrons. The highest BCUT2D eigenvalue weighted by Crippen LogP contribution is 2.10. The fourth-order valence-electron chi connectivity index (χ4n) is 1.18. The lowest BCUT2D eigenvalue weighted by Gasteiger charge is -2.11. The first-order valence-electron chi connectivity index (χ1n) is 5.36. The highest BCUT2D eigenvalue weighted by molar-refractivity contribution is 5.81. The number of hydrogen-bond acceptors (Lipinski definition) is 4. The Kier molecular flexibility index (Phi) is 5.00. The molecule has 0 saturated heterocycles. The quantitative estimate of drug-likeness (QED) is 0.640. The molecule has 0 aliphatic heterocycles. The van der Waals surface area contributed by atoms with Crippen molar-refractivity contribution in [3.63, 3.8) is 0 Å². The molecule has 0 bridgehead atoms. The third-order valence-corrected chi connectivity index (χ3v) is 2.05. The van der Waals surface area contributed by atoms with Crippen molar-refractivity contribution < 1.29 is 9.53 Å². The molecule has 0 unspecified atom stereocenters. The second-order valence-corrected chi connectivity index (χ2v) is 3.58. The van der Waals surface area contributed by atoms with Crippen molar-refractivity contribution in [1.29, 1.82) is 0 Å². The predicted octanol–water partition coefficient (Wildman–Crippen LogP) is 1.83. The summed E-state index contributed by atoms with van der Waals surface area (Å²) in [6.07, 6.45) is 1.02. The van der Waals surface area contributed by atoms with Gasteiger partial charge in [0.05, 0.1) is 12.8 Å². The first-order valence-corrected chi connectivity index (χ1v) is 5.36. The molecule has 5 heteroatoms. The molecule has 0 saturated carbocycles. The van der Waals surface area contributed by atoms with Gasteiger partial charge in [0.25, 0.3) is 0 Å².